The number of nitrogens with zero attached hydrogens (tertiary/aromatic N) is 3. The molecule has 1 aromatic heterocycles. The molecule has 0 fully saturated rings. The van der Waals surface area contributed by atoms with E-state index in [1.54, 1.807) is 6.21 Å². The van der Waals surface area contributed by atoms with Crippen LogP contribution in [0.25, 0.3) is 0 Å². The fourth-order valence-electron chi connectivity index (χ4n) is 3.26. The van der Waals surface area contributed by atoms with Gasteiger partial charge in [0.1, 0.15) is 5.69 Å². The van der Waals surface area contributed by atoms with Crippen LogP contribution in [0.2, 0.25) is 0 Å². The molecule has 1 N–H and O–H groups in total. The molecule has 5 nitrogen and oxygen atoms in total. The van der Waals surface area contributed by atoms with Gasteiger partial charge in [0.05, 0.1) is 5.56 Å². The molecule has 0 saturated carbocycles. The maximum absolute atomic E-state index is 13.1. The largest absolute Gasteiger partial charge is 0.322 e. The number of nitrogens with one attached hydrogen (secondary N) is 1. The van der Waals surface area contributed by atoms with Crippen molar-refractivity contribution in [1.29, 1.82) is 0 Å². The fourth-order valence-corrected chi connectivity index (χ4v) is 3.26. The summed E-state index contributed by atoms with van der Waals surface area (Å²) in [7, 11) is 1.52. The zero-order valence-corrected chi connectivity index (χ0v) is 16.2. The minimum absolute atomic E-state index is 0.0958. The minimum atomic E-state index is -2.79. The molecule has 0 spiro atoms. The Bertz CT molecular complexity index is 814. The van der Waals surface area contributed by atoms with E-state index >= 15 is 0 Å². The van der Waals surface area contributed by atoms with Crippen LogP contribution in [0.4, 0.5) is 14.5 Å². The lowest BCUT2D eigenvalue weighted by Gasteiger charge is -2.32. The number of benzene rings is 1. The zero-order chi connectivity index (χ0) is 20.0. The third-order valence-corrected chi connectivity index (χ3v) is 4.42. The Morgan fingerprint density at radius 1 is 1.44 bits per heavy atom. The summed E-state index contributed by atoms with van der Waals surface area (Å²) < 4.78 is 27.3. The Hall–Kier alpha value is -2.57. The van der Waals surface area contributed by atoms with Gasteiger partial charge in [-0.05, 0) is 49.1 Å². The third-order valence-electron chi connectivity index (χ3n) is 4.42. The Balaban J connectivity index is 0.00000126. The normalized spacial score (nSPS) is 15.1. The molecule has 1 amide bonds. The highest BCUT2D eigenvalue weighted by Crippen LogP contribution is 2.42. The van der Waals surface area contributed by atoms with Gasteiger partial charge in [0.15, 0.2) is 0 Å². The van der Waals surface area contributed by atoms with Gasteiger partial charge in [0, 0.05) is 25.5 Å². The van der Waals surface area contributed by atoms with E-state index in [1.165, 1.54) is 23.5 Å². The molecule has 1 unspecified atom stereocenters. The quantitative estimate of drug-likeness (QED) is 0.739. The van der Waals surface area contributed by atoms with Crippen LogP contribution in [0.1, 0.15) is 66.7 Å². The molecule has 0 radical (unpaired) electrons. The highest BCUT2D eigenvalue weighted by molar-refractivity contribution is 6.05. The number of fused-ring (bicyclic) bond motifs is 1. The van der Waals surface area contributed by atoms with E-state index in [-0.39, 0.29) is 5.56 Å². The lowest BCUT2D eigenvalue weighted by Crippen LogP contribution is -2.23. The number of aliphatic imine (C=N–C) groups is 1. The molecule has 1 aliphatic carbocycles. The van der Waals surface area contributed by atoms with Crippen LogP contribution in [-0.4, -0.2) is 28.4 Å². The van der Waals surface area contributed by atoms with Crippen molar-refractivity contribution in [3.8, 4) is 0 Å². The average Bonchev–Trinajstić information content (AvgIpc) is 3.03. The highest BCUT2D eigenvalue weighted by Gasteiger charge is 2.30. The standard InChI is InChI=1S/C18H20F2N4O.C2H6/c1-3-21-8-7-12-9-11-5-4-6-14(15(11)12)22-18(25)13-10-24(2)23-16(13)17(19)20;1-2/h3-6,10,12,17H,7-9H2,1-2H3,(H,22,25);1-2H3. The predicted octanol–water partition coefficient (Wildman–Crippen LogP) is 4.76. The second-order valence-electron chi connectivity index (χ2n) is 6.09. The number of amides is 1. The van der Waals surface area contributed by atoms with Gasteiger partial charge in [-0.1, -0.05) is 26.0 Å². The molecule has 2 aromatic rings. The number of halogens is 2. The molecule has 0 aliphatic heterocycles. The number of hydrogen-bond acceptors (Lipinski definition) is 3. The SMILES string of the molecule is CC.CC=NCCC1Cc2cccc(NC(=O)c3cn(C)nc3C(F)F)c21. The second-order valence-corrected chi connectivity index (χ2v) is 6.09. The van der Waals surface area contributed by atoms with Crippen LogP contribution in [0.3, 0.4) is 0 Å². The number of aromatic nitrogens is 2. The molecule has 1 heterocycles. The Labute approximate surface area is 158 Å². The maximum Gasteiger partial charge on any atom is 0.282 e. The molecule has 1 atom stereocenters. The van der Waals surface area contributed by atoms with Crippen molar-refractivity contribution in [2.75, 3.05) is 11.9 Å². The van der Waals surface area contributed by atoms with Gasteiger partial charge >= 0.3 is 0 Å². The molecule has 3 rings (SSSR count). The smallest absolute Gasteiger partial charge is 0.282 e. The third kappa shape index (κ3) is 4.59. The average molecular weight is 376 g/mol. The van der Waals surface area contributed by atoms with Gasteiger partial charge in [-0.25, -0.2) is 8.78 Å². The van der Waals surface area contributed by atoms with E-state index < -0.39 is 18.0 Å². The lowest BCUT2D eigenvalue weighted by molar-refractivity contribution is 0.101. The summed E-state index contributed by atoms with van der Waals surface area (Å²) in [6.45, 7) is 6.62. The number of aryl methyl sites for hydroxylation is 1. The number of anilines is 1. The van der Waals surface area contributed by atoms with Crippen molar-refractivity contribution >= 4 is 17.8 Å². The summed E-state index contributed by atoms with van der Waals surface area (Å²) in [6.07, 6.45) is 2.16. The van der Waals surface area contributed by atoms with Crippen molar-refractivity contribution in [1.82, 2.24) is 9.78 Å². The first-order valence-corrected chi connectivity index (χ1v) is 9.20. The monoisotopic (exact) mass is 376 g/mol. The Kier molecular flexibility index (Phi) is 7.21. The van der Waals surface area contributed by atoms with E-state index in [2.05, 4.69) is 15.4 Å². The molecule has 0 saturated heterocycles. The Morgan fingerprint density at radius 3 is 2.85 bits per heavy atom. The molecular formula is C20H26F2N4O. The fraction of sp³-hybridized carbons (Fsp3) is 0.450. The van der Waals surface area contributed by atoms with Crippen LogP contribution < -0.4 is 5.32 Å². The minimum Gasteiger partial charge on any atom is -0.322 e. The van der Waals surface area contributed by atoms with Crippen molar-refractivity contribution in [3.63, 3.8) is 0 Å². The molecule has 27 heavy (non-hydrogen) atoms. The van der Waals surface area contributed by atoms with Crippen molar-refractivity contribution < 1.29 is 13.6 Å². The lowest BCUT2D eigenvalue weighted by atomic mass is 9.74. The van der Waals surface area contributed by atoms with Crippen molar-refractivity contribution in [2.45, 2.75) is 46.0 Å². The number of alkyl halides is 2. The maximum atomic E-state index is 13.1. The second kappa shape index (κ2) is 9.39. The summed E-state index contributed by atoms with van der Waals surface area (Å²) >= 11 is 0. The van der Waals surface area contributed by atoms with Crippen LogP contribution in [-0.2, 0) is 13.5 Å². The van der Waals surface area contributed by atoms with E-state index in [9.17, 15) is 13.6 Å². The summed E-state index contributed by atoms with van der Waals surface area (Å²) in [5, 5.41) is 6.47. The molecular weight excluding hydrogens is 350 g/mol. The van der Waals surface area contributed by atoms with Crippen LogP contribution in [0.5, 0.6) is 0 Å². The number of hydrogen-bond donors (Lipinski definition) is 1. The summed E-state index contributed by atoms with van der Waals surface area (Å²) in [5.41, 5.74) is 2.36. The van der Waals surface area contributed by atoms with Crippen LogP contribution in [0, 0.1) is 0 Å². The Morgan fingerprint density at radius 2 is 2.19 bits per heavy atom. The van der Waals surface area contributed by atoms with E-state index in [0.29, 0.717) is 11.6 Å². The van der Waals surface area contributed by atoms with Gasteiger partial charge < -0.3 is 5.32 Å². The molecule has 1 aromatic carbocycles. The van der Waals surface area contributed by atoms with Gasteiger partial charge in [0.2, 0.25) is 0 Å². The van der Waals surface area contributed by atoms with Crippen LogP contribution >= 0.6 is 0 Å². The van der Waals surface area contributed by atoms with Gasteiger partial charge in [0.25, 0.3) is 12.3 Å². The first-order valence-electron chi connectivity index (χ1n) is 9.20. The summed E-state index contributed by atoms with van der Waals surface area (Å²) in [5.74, 6) is -0.229. The zero-order valence-electron chi connectivity index (χ0n) is 16.2. The van der Waals surface area contributed by atoms with E-state index in [4.69, 9.17) is 0 Å². The summed E-state index contributed by atoms with van der Waals surface area (Å²) in [6, 6.07) is 5.70. The van der Waals surface area contributed by atoms with E-state index in [0.717, 1.165) is 24.9 Å². The first-order chi connectivity index (χ1) is 13.0. The first kappa shape index (κ1) is 20.7. The number of rotatable bonds is 6. The topological polar surface area (TPSA) is 59.3 Å². The van der Waals surface area contributed by atoms with Crippen LogP contribution in [0.15, 0.2) is 29.4 Å². The molecule has 7 heteroatoms. The number of carbonyl (C=O) groups excluding carboxylic acids is 1. The van der Waals surface area contributed by atoms with Crippen molar-refractivity contribution in [3.05, 3.63) is 46.8 Å². The summed E-state index contributed by atoms with van der Waals surface area (Å²) in [4.78, 5) is 16.7. The predicted molar refractivity (Wildman–Crippen MR) is 104 cm³/mol. The van der Waals surface area contributed by atoms with Gasteiger partial charge in [-0.2, -0.15) is 5.10 Å². The highest BCUT2D eigenvalue weighted by atomic mass is 19.3. The van der Waals surface area contributed by atoms with Crippen molar-refractivity contribution in [2.24, 2.45) is 12.0 Å². The van der Waals surface area contributed by atoms with Gasteiger partial charge in [-0.15, -0.1) is 0 Å². The van der Waals surface area contributed by atoms with Gasteiger partial charge in [-0.3, -0.25) is 14.5 Å². The molecule has 1 aliphatic rings. The molecule has 0 bridgehead atoms. The number of carbonyl (C=O) groups is 1. The van der Waals surface area contributed by atoms with E-state index in [1.807, 2.05) is 39.0 Å². The molecule has 146 valence electrons.